The van der Waals surface area contributed by atoms with Gasteiger partial charge in [-0.3, -0.25) is 9.59 Å². The first kappa shape index (κ1) is 19.0. The molecular weight excluding hydrogens is 350 g/mol. The van der Waals surface area contributed by atoms with Gasteiger partial charge < -0.3 is 25.0 Å². The average molecular weight is 375 g/mol. The van der Waals surface area contributed by atoms with Crippen molar-refractivity contribution in [3.05, 3.63) is 24.3 Å². The summed E-state index contributed by atoms with van der Waals surface area (Å²) in [5.74, 6) is -1.01. The van der Waals surface area contributed by atoms with Crippen LogP contribution in [0.25, 0.3) is 0 Å². The van der Waals surface area contributed by atoms with Gasteiger partial charge in [-0.2, -0.15) is 0 Å². The maximum absolute atomic E-state index is 12.6. The van der Waals surface area contributed by atoms with E-state index in [9.17, 15) is 14.4 Å². The molecule has 0 aliphatic carbocycles. The number of benzene rings is 1. The van der Waals surface area contributed by atoms with Crippen molar-refractivity contribution < 1.29 is 24.2 Å². The highest BCUT2D eigenvalue weighted by Gasteiger charge is 2.39. The molecule has 0 spiro atoms. The zero-order chi connectivity index (χ0) is 19.4. The third kappa shape index (κ3) is 4.32. The number of aliphatic carboxylic acids is 1. The number of carbonyl (C=O) groups is 3. The number of urea groups is 1. The lowest BCUT2D eigenvalue weighted by Gasteiger charge is -2.36. The predicted molar refractivity (Wildman–Crippen MR) is 98.7 cm³/mol. The Hall–Kier alpha value is -2.77. The van der Waals surface area contributed by atoms with Gasteiger partial charge in [0.1, 0.15) is 5.75 Å². The summed E-state index contributed by atoms with van der Waals surface area (Å²) in [6.45, 7) is 3.72. The number of carbonyl (C=O) groups excluding carboxylic acids is 2. The molecule has 3 rings (SSSR count). The first-order valence-electron chi connectivity index (χ1n) is 9.29. The molecule has 2 heterocycles. The first-order valence-corrected chi connectivity index (χ1v) is 9.29. The minimum atomic E-state index is -0.921. The summed E-state index contributed by atoms with van der Waals surface area (Å²) >= 11 is 0. The van der Waals surface area contributed by atoms with Crippen molar-refractivity contribution in [2.75, 3.05) is 31.6 Å². The molecule has 8 heteroatoms. The van der Waals surface area contributed by atoms with Crippen LogP contribution in [0.3, 0.4) is 0 Å². The van der Waals surface area contributed by atoms with Crippen LogP contribution < -0.4 is 10.1 Å². The fraction of sp³-hybridized carbons (Fsp3) is 0.526. The van der Waals surface area contributed by atoms with E-state index in [1.54, 1.807) is 15.9 Å². The Bertz CT molecular complexity index is 715. The van der Waals surface area contributed by atoms with E-state index in [0.29, 0.717) is 44.0 Å². The number of piperidine rings is 1. The van der Waals surface area contributed by atoms with Crippen molar-refractivity contribution in [1.82, 2.24) is 9.80 Å². The van der Waals surface area contributed by atoms with Gasteiger partial charge >= 0.3 is 12.0 Å². The fourth-order valence-corrected chi connectivity index (χ4v) is 3.68. The summed E-state index contributed by atoms with van der Waals surface area (Å²) in [6.07, 6.45) is 1.38. The van der Waals surface area contributed by atoms with Gasteiger partial charge in [-0.05, 0) is 31.9 Å². The van der Waals surface area contributed by atoms with E-state index < -0.39 is 11.9 Å². The molecule has 2 fully saturated rings. The number of rotatable bonds is 5. The van der Waals surface area contributed by atoms with E-state index in [4.69, 9.17) is 9.84 Å². The van der Waals surface area contributed by atoms with Gasteiger partial charge in [-0.25, -0.2) is 4.79 Å². The van der Waals surface area contributed by atoms with Gasteiger partial charge in [0, 0.05) is 32.1 Å². The van der Waals surface area contributed by atoms with Crippen LogP contribution in [0.15, 0.2) is 24.3 Å². The SMILES string of the molecule is CCOc1ccccc1NC(=O)N1CCC(N2CC(C(=O)O)CC2=O)CC1. The highest BCUT2D eigenvalue weighted by molar-refractivity contribution is 5.91. The molecule has 1 aromatic rings. The second-order valence-corrected chi connectivity index (χ2v) is 6.86. The molecule has 0 aromatic heterocycles. The van der Waals surface area contributed by atoms with E-state index in [0.717, 1.165) is 0 Å². The number of ether oxygens (including phenoxy) is 1. The number of amides is 3. The lowest BCUT2D eigenvalue weighted by molar-refractivity contribution is -0.141. The summed E-state index contributed by atoms with van der Waals surface area (Å²) in [6, 6.07) is 7.10. The van der Waals surface area contributed by atoms with E-state index in [2.05, 4.69) is 5.32 Å². The molecule has 2 aliphatic heterocycles. The maximum Gasteiger partial charge on any atom is 0.321 e. The Morgan fingerprint density at radius 3 is 2.59 bits per heavy atom. The van der Waals surface area contributed by atoms with Gasteiger partial charge in [0.15, 0.2) is 0 Å². The molecule has 8 nitrogen and oxygen atoms in total. The molecule has 1 aromatic carbocycles. The second kappa shape index (κ2) is 8.28. The molecule has 2 saturated heterocycles. The number of anilines is 1. The standard InChI is InChI=1S/C19H25N3O5/c1-2-27-16-6-4-3-5-15(16)20-19(26)21-9-7-14(8-10-21)22-12-13(18(24)25)11-17(22)23/h3-6,13-14H,2,7-12H2,1H3,(H,20,26)(H,24,25). The molecule has 1 atom stereocenters. The Morgan fingerprint density at radius 1 is 1.26 bits per heavy atom. The van der Waals surface area contributed by atoms with Crippen molar-refractivity contribution in [2.24, 2.45) is 5.92 Å². The van der Waals surface area contributed by atoms with Gasteiger partial charge in [0.2, 0.25) is 5.91 Å². The molecule has 3 amide bonds. The Balaban J connectivity index is 1.54. The lowest BCUT2D eigenvalue weighted by Crippen LogP contribution is -2.48. The van der Waals surface area contributed by atoms with Gasteiger partial charge in [-0.1, -0.05) is 12.1 Å². The van der Waals surface area contributed by atoms with Crippen molar-refractivity contribution in [3.8, 4) is 5.75 Å². The number of nitrogens with one attached hydrogen (secondary N) is 1. The monoisotopic (exact) mass is 375 g/mol. The quantitative estimate of drug-likeness (QED) is 0.820. The topological polar surface area (TPSA) is 99.2 Å². The van der Waals surface area contributed by atoms with Crippen LogP contribution in [0.2, 0.25) is 0 Å². The average Bonchev–Trinajstić information content (AvgIpc) is 3.06. The van der Waals surface area contributed by atoms with Crippen molar-refractivity contribution in [3.63, 3.8) is 0 Å². The second-order valence-electron chi connectivity index (χ2n) is 6.86. The van der Waals surface area contributed by atoms with E-state index >= 15 is 0 Å². The minimum absolute atomic E-state index is 0.00149. The number of carboxylic acid groups (broad SMARTS) is 1. The summed E-state index contributed by atoms with van der Waals surface area (Å²) in [7, 11) is 0. The summed E-state index contributed by atoms with van der Waals surface area (Å²) in [5.41, 5.74) is 0.630. The zero-order valence-corrected chi connectivity index (χ0v) is 15.4. The summed E-state index contributed by atoms with van der Waals surface area (Å²) in [5, 5.41) is 12.0. The summed E-state index contributed by atoms with van der Waals surface area (Å²) in [4.78, 5) is 39.2. The Kier molecular flexibility index (Phi) is 5.83. The number of para-hydroxylation sites is 2. The highest BCUT2D eigenvalue weighted by Crippen LogP contribution is 2.27. The van der Waals surface area contributed by atoms with Crippen LogP contribution in [0.4, 0.5) is 10.5 Å². The van der Waals surface area contributed by atoms with E-state index in [1.807, 2.05) is 25.1 Å². The van der Waals surface area contributed by atoms with E-state index in [-0.39, 0.29) is 30.9 Å². The minimum Gasteiger partial charge on any atom is -0.492 e. The van der Waals surface area contributed by atoms with Crippen LogP contribution in [0.5, 0.6) is 5.75 Å². The van der Waals surface area contributed by atoms with Crippen LogP contribution in [-0.2, 0) is 9.59 Å². The molecule has 146 valence electrons. The molecule has 0 radical (unpaired) electrons. The molecule has 27 heavy (non-hydrogen) atoms. The molecule has 0 bridgehead atoms. The molecular formula is C19H25N3O5. The highest BCUT2D eigenvalue weighted by atomic mass is 16.5. The predicted octanol–water partition coefficient (Wildman–Crippen LogP) is 2.01. The lowest BCUT2D eigenvalue weighted by atomic mass is 10.0. The fourth-order valence-electron chi connectivity index (χ4n) is 3.68. The number of nitrogens with zero attached hydrogens (tertiary/aromatic N) is 2. The van der Waals surface area contributed by atoms with E-state index in [1.165, 1.54) is 0 Å². The normalized spacial score (nSPS) is 20.6. The van der Waals surface area contributed by atoms with Gasteiger partial charge in [0.25, 0.3) is 0 Å². The van der Waals surface area contributed by atoms with Crippen LogP contribution in [0.1, 0.15) is 26.2 Å². The third-order valence-corrected chi connectivity index (χ3v) is 5.13. The van der Waals surface area contributed by atoms with Crippen LogP contribution in [0, 0.1) is 5.92 Å². The van der Waals surface area contributed by atoms with Crippen molar-refractivity contribution >= 4 is 23.6 Å². The number of hydrogen-bond acceptors (Lipinski definition) is 4. The molecule has 1 unspecified atom stereocenters. The summed E-state index contributed by atoms with van der Waals surface area (Å²) < 4.78 is 5.53. The third-order valence-electron chi connectivity index (χ3n) is 5.13. The van der Waals surface area contributed by atoms with Crippen LogP contribution in [-0.4, -0.2) is 65.1 Å². The largest absolute Gasteiger partial charge is 0.492 e. The Labute approximate surface area is 158 Å². The van der Waals surface area contributed by atoms with Gasteiger partial charge in [0.05, 0.1) is 18.2 Å². The Morgan fingerprint density at radius 2 is 1.96 bits per heavy atom. The maximum atomic E-state index is 12.6. The van der Waals surface area contributed by atoms with Crippen LogP contribution >= 0.6 is 0 Å². The zero-order valence-electron chi connectivity index (χ0n) is 15.4. The van der Waals surface area contributed by atoms with Crippen molar-refractivity contribution in [1.29, 1.82) is 0 Å². The smallest absolute Gasteiger partial charge is 0.321 e. The molecule has 2 N–H and O–H groups in total. The molecule has 2 aliphatic rings. The number of hydrogen-bond donors (Lipinski definition) is 2. The van der Waals surface area contributed by atoms with Gasteiger partial charge in [-0.15, -0.1) is 0 Å². The number of carboxylic acids is 1. The first-order chi connectivity index (χ1) is 13.0. The molecule has 0 saturated carbocycles. The number of likely N-dealkylation sites (tertiary alicyclic amines) is 2. The van der Waals surface area contributed by atoms with Crippen molar-refractivity contribution in [2.45, 2.75) is 32.2 Å².